The van der Waals surface area contributed by atoms with Crippen LogP contribution in [0.2, 0.25) is 0 Å². The molecule has 6 heteroatoms. The van der Waals surface area contributed by atoms with Crippen molar-refractivity contribution in [1.82, 2.24) is 10.2 Å². The van der Waals surface area contributed by atoms with E-state index in [0.29, 0.717) is 17.8 Å². The monoisotopic (exact) mass is 343 g/mol. The average molecular weight is 343 g/mol. The van der Waals surface area contributed by atoms with Crippen molar-refractivity contribution in [3.05, 3.63) is 65.5 Å². The third-order valence-electron chi connectivity index (χ3n) is 3.78. The number of hydrogen-bond acceptors (Lipinski definition) is 3. The molecular formula is C19H22FN3O2. The lowest BCUT2D eigenvalue weighted by Crippen LogP contribution is -2.34. The largest absolute Gasteiger partial charge is 0.350 e. The number of nitrogens with zero attached hydrogens (tertiary/aromatic N) is 1. The fourth-order valence-corrected chi connectivity index (χ4v) is 2.51. The van der Waals surface area contributed by atoms with Gasteiger partial charge in [0.1, 0.15) is 5.82 Å². The molecule has 0 unspecified atom stereocenters. The van der Waals surface area contributed by atoms with E-state index in [1.165, 1.54) is 19.1 Å². The quantitative estimate of drug-likeness (QED) is 0.848. The molecule has 0 fully saturated rings. The zero-order valence-corrected chi connectivity index (χ0v) is 14.5. The van der Waals surface area contributed by atoms with Gasteiger partial charge in [-0.1, -0.05) is 12.1 Å². The number of carbonyl (C=O) groups excluding carboxylic acids is 2. The lowest BCUT2D eigenvalue weighted by atomic mass is 10.1. The number of rotatable bonds is 6. The molecule has 2 rings (SSSR count). The summed E-state index contributed by atoms with van der Waals surface area (Å²) in [6, 6.07) is 12.9. The van der Waals surface area contributed by atoms with Crippen LogP contribution in [0.3, 0.4) is 0 Å². The van der Waals surface area contributed by atoms with E-state index in [1.54, 1.807) is 30.3 Å². The summed E-state index contributed by atoms with van der Waals surface area (Å²) in [7, 11) is 3.76. The fourth-order valence-electron chi connectivity index (χ4n) is 2.51. The summed E-state index contributed by atoms with van der Waals surface area (Å²) in [5.41, 5.74) is 1.92. The number of hydrogen-bond donors (Lipinski definition) is 2. The van der Waals surface area contributed by atoms with E-state index in [4.69, 9.17) is 0 Å². The third kappa shape index (κ3) is 5.39. The van der Waals surface area contributed by atoms with Crippen LogP contribution in [0.5, 0.6) is 0 Å². The molecule has 0 aliphatic heterocycles. The molecule has 2 amide bonds. The Bertz CT molecular complexity index is 745. The van der Waals surface area contributed by atoms with Crippen molar-refractivity contribution in [2.24, 2.45) is 0 Å². The smallest absolute Gasteiger partial charge is 0.251 e. The van der Waals surface area contributed by atoms with Crippen LogP contribution < -0.4 is 10.6 Å². The molecule has 2 aromatic carbocycles. The van der Waals surface area contributed by atoms with Gasteiger partial charge >= 0.3 is 0 Å². The first-order chi connectivity index (χ1) is 11.9. The van der Waals surface area contributed by atoms with E-state index >= 15 is 0 Å². The predicted molar refractivity (Wildman–Crippen MR) is 95.9 cm³/mol. The number of benzene rings is 2. The number of likely N-dealkylation sites (N-methyl/N-ethyl adjacent to an activating group) is 1. The van der Waals surface area contributed by atoms with Crippen LogP contribution in [0, 0.1) is 5.82 Å². The average Bonchev–Trinajstić information content (AvgIpc) is 2.54. The first-order valence-electron chi connectivity index (χ1n) is 7.94. The van der Waals surface area contributed by atoms with Crippen LogP contribution in [0.15, 0.2) is 48.5 Å². The summed E-state index contributed by atoms with van der Waals surface area (Å²) in [5, 5.41) is 5.52. The second-order valence-electron chi connectivity index (χ2n) is 6.00. The Morgan fingerprint density at radius 1 is 1.12 bits per heavy atom. The van der Waals surface area contributed by atoms with Crippen molar-refractivity contribution in [1.29, 1.82) is 0 Å². The van der Waals surface area contributed by atoms with E-state index in [-0.39, 0.29) is 23.7 Å². The number of amides is 2. The summed E-state index contributed by atoms with van der Waals surface area (Å²) in [5.74, 6) is -0.692. The fraction of sp³-hybridized carbons (Fsp3) is 0.263. The Labute approximate surface area is 146 Å². The molecule has 0 aliphatic rings. The van der Waals surface area contributed by atoms with Gasteiger partial charge in [0.05, 0.1) is 6.04 Å². The standard InChI is InChI=1S/C19H22FN3O2/c1-13(24)22-17-9-7-14(8-10-17)19(25)21-12-18(23(2)3)15-5-4-6-16(20)11-15/h4-11,18H,12H2,1-3H3,(H,21,25)(H,22,24)/t18-/m1/s1. The molecule has 2 N–H and O–H groups in total. The van der Waals surface area contributed by atoms with Crippen LogP contribution in [0.25, 0.3) is 0 Å². The van der Waals surface area contributed by atoms with E-state index in [2.05, 4.69) is 10.6 Å². The molecule has 0 aliphatic carbocycles. The van der Waals surface area contributed by atoms with Crippen molar-refractivity contribution in [3.8, 4) is 0 Å². The molecule has 132 valence electrons. The maximum Gasteiger partial charge on any atom is 0.251 e. The van der Waals surface area contributed by atoms with Gasteiger partial charge in [0.25, 0.3) is 5.91 Å². The minimum atomic E-state index is -0.302. The molecule has 0 radical (unpaired) electrons. The second kappa shape index (κ2) is 8.39. The third-order valence-corrected chi connectivity index (χ3v) is 3.78. The number of halogens is 1. The Hall–Kier alpha value is -2.73. The first-order valence-corrected chi connectivity index (χ1v) is 7.94. The Morgan fingerprint density at radius 3 is 2.36 bits per heavy atom. The Morgan fingerprint density at radius 2 is 1.80 bits per heavy atom. The van der Waals surface area contributed by atoms with Gasteiger partial charge in [-0.25, -0.2) is 4.39 Å². The van der Waals surface area contributed by atoms with E-state index in [0.717, 1.165) is 5.56 Å². The van der Waals surface area contributed by atoms with Crippen molar-refractivity contribution >= 4 is 17.5 Å². The molecular weight excluding hydrogens is 321 g/mol. The molecule has 0 saturated heterocycles. The Balaban J connectivity index is 2.02. The SMILES string of the molecule is CC(=O)Nc1ccc(C(=O)NC[C@H](c2cccc(F)c2)N(C)C)cc1. The zero-order valence-electron chi connectivity index (χ0n) is 14.5. The first kappa shape index (κ1) is 18.6. The zero-order chi connectivity index (χ0) is 18.4. The van der Waals surface area contributed by atoms with Gasteiger partial charge in [0.2, 0.25) is 5.91 Å². The Kier molecular flexibility index (Phi) is 6.25. The van der Waals surface area contributed by atoms with Crippen molar-refractivity contribution < 1.29 is 14.0 Å². The van der Waals surface area contributed by atoms with Gasteiger partial charge in [-0.05, 0) is 56.1 Å². The van der Waals surface area contributed by atoms with Crippen molar-refractivity contribution in [2.45, 2.75) is 13.0 Å². The van der Waals surface area contributed by atoms with Crippen molar-refractivity contribution in [2.75, 3.05) is 26.0 Å². The molecule has 5 nitrogen and oxygen atoms in total. The van der Waals surface area contributed by atoms with Crippen LogP contribution >= 0.6 is 0 Å². The lowest BCUT2D eigenvalue weighted by molar-refractivity contribution is -0.114. The molecule has 2 aromatic rings. The van der Waals surface area contributed by atoms with Gasteiger partial charge in [-0.15, -0.1) is 0 Å². The van der Waals surface area contributed by atoms with Crippen LogP contribution in [-0.4, -0.2) is 37.4 Å². The topological polar surface area (TPSA) is 61.4 Å². The molecule has 0 spiro atoms. The number of anilines is 1. The highest BCUT2D eigenvalue weighted by molar-refractivity contribution is 5.95. The van der Waals surface area contributed by atoms with Gasteiger partial charge in [0, 0.05) is 24.7 Å². The predicted octanol–water partition coefficient (Wildman–Crippen LogP) is 2.82. The minimum absolute atomic E-state index is 0.140. The highest BCUT2D eigenvalue weighted by Crippen LogP contribution is 2.18. The van der Waals surface area contributed by atoms with Crippen LogP contribution in [0.1, 0.15) is 28.9 Å². The summed E-state index contributed by atoms with van der Waals surface area (Å²) < 4.78 is 13.4. The van der Waals surface area contributed by atoms with Crippen molar-refractivity contribution in [3.63, 3.8) is 0 Å². The molecule has 25 heavy (non-hydrogen) atoms. The van der Waals surface area contributed by atoms with Crippen LogP contribution in [-0.2, 0) is 4.79 Å². The van der Waals surface area contributed by atoms with Gasteiger partial charge in [-0.2, -0.15) is 0 Å². The van der Waals surface area contributed by atoms with Gasteiger partial charge < -0.3 is 15.5 Å². The van der Waals surface area contributed by atoms with E-state index in [9.17, 15) is 14.0 Å². The summed E-state index contributed by atoms with van der Waals surface area (Å²) in [6.07, 6.45) is 0. The maximum atomic E-state index is 13.4. The molecule has 0 heterocycles. The summed E-state index contributed by atoms with van der Waals surface area (Å²) >= 11 is 0. The highest BCUT2D eigenvalue weighted by atomic mass is 19.1. The minimum Gasteiger partial charge on any atom is -0.350 e. The normalized spacial score (nSPS) is 11.9. The molecule has 0 aromatic heterocycles. The van der Waals surface area contributed by atoms with E-state index in [1.807, 2.05) is 25.1 Å². The number of carbonyl (C=O) groups is 2. The van der Waals surface area contributed by atoms with Gasteiger partial charge in [0.15, 0.2) is 0 Å². The van der Waals surface area contributed by atoms with E-state index < -0.39 is 0 Å². The second-order valence-corrected chi connectivity index (χ2v) is 6.00. The maximum absolute atomic E-state index is 13.4. The number of nitrogens with one attached hydrogen (secondary N) is 2. The molecule has 0 bridgehead atoms. The molecule has 0 saturated carbocycles. The lowest BCUT2D eigenvalue weighted by Gasteiger charge is -2.25. The van der Waals surface area contributed by atoms with Crippen LogP contribution in [0.4, 0.5) is 10.1 Å². The summed E-state index contributed by atoms with van der Waals surface area (Å²) in [6.45, 7) is 1.77. The van der Waals surface area contributed by atoms with Gasteiger partial charge in [-0.3, -0.25) is 9.59 Å². The summed E-state index contributed by atoms with van der Waals surface area (Å²) in [4.78, 5) is 25.2. The highest BCUT2D eigenvalue weighted by Gasteiger charge is 2.16. The molecule has 1 atom stereocenters.